The minimum absolute atomic E-state index is 0.355. The first-order valence-electron chi connectivity index (χ1n) is 7.12. The van der Waals surface area contributed by atoms with Crippen LogP contribution in [0.5, 0.6) is 0 Å². The summed E-state index contributed by atoms with van der Waals surface area (Å²) in [7, 11) is 0. The summed E-state index contributed by atoms with van der Waals surface area (Å²) in [6, 6.07) is 0.857. The summed E-state index contributed by atoms with van der Waals surface area (Å²) in [6.07, 6.45) is 7.16. The van der Waals surface area contributed by atoms with Crippen LogP contribution in [0.3, 0.4) is 0 Å². The van der Waals surface area contributed by atoms with E-state index < -0.39 is 0 Å². The average molecular weight is 224 g/mol. The van der Waals surface area contributed by atoms with Gasteiger partial charge in [0.1, 0.15) is 0 Å². The summed E-state index contributed by atoms with van der Waals surface area (Å²) in [4.78, 5) is 2.80. The molecule has 0 aromatic heterocycles. The summed E-state index contributed by atoms with van der Waals surface area (Å²) in [6.45, 7) is 10.8. The van der Waals surface area contributed by atoms with Crippen LogP contribution in [0, 0.1) is 5.92 Å². The lowest BCUT2D eigenvalue weighted by Gasteiger charge is -2.51. The number of piperazine rings is 1. The van der Waals surface area contributed by atoms with Crippen LogP contribution >= 0.6 is 0 Å². The normalized spacial score (nSPS) is 36.2. The Bertz CT molecular complexity index is 225. The standard InChI is InChI=1S/C14H28N2/c1-4-12-7-5-6-8-13(12)16-10-9-15-11-14(16,2)3/h12-13,15H,4-11H2,1-3H3. The van der Waals surface area contributed by atoms with Gasteiger partial charge in [-0.2, -0.15) is 0 Å². The molecule has 2 atom stereocenters. The Morgan fingerprint density at radius 1 is 1.25 bits per heavy atom. The molecule has 94 valence electrons. The lowest BCUT2D eigenvalue weighted by atomic mass is 9.79. The van der Waals surface area contributed by atoms with Gasteiger partial charge in [-0.15, -0.1) is 0 Å². The lowest BCUT2D eigenvalue weighted by Crippen LogP contribution is -2.62. The van der Waals surface area contributed by atoms with E-state index in [1.165, 1.54) is 45.2 Å². The van der Waals surface area contributed by atoms with Crippen molar-refractivity contribution in [1.29, 1.82) is 0 Å². The monoisotopic (exact) mass is 224 g/mol. The van der Waals surface area contributed by atoms with E-state index in [-0.39, 0.29) is 0 Å². The van der Waals surface area contributed by atoms with Crippen molar-refractivity contribution in [1.82, 2.24) is 10.2 Å². The topological polar surface area (TPSA) is 15.3 Å². The van der Waals surface area contributed by atoms with Gasteiger partial charge in [0.05, 0.1) is 0 Å². The van der Waals surface area contributed by atoms with Gasteiger partial charge in [-0.25, -0.2) is 0 Å². The quantitative estimate of drug-likeness (QED) is 0.776. The highest BCUT2D eigenvalue weighted by Crippen LogP contribution is 2.34. The molecule has 0 spiro atoms. The third-order valence-corrected chi connectivity index (χ3v) is 4.66. The first kappa shape index (κ1) is 12.4. The van der Waals surface area contributed by atoms with Gasteiger partial charge in [0, 0.05) is 31.2 Å². The maximum absolute atomic E-state index is 3.54. The molecule has 16 heavy (non-hydrogen) atoms. The highest BCUT2D eigenvalue weighted by molar-refractivity contribution is 4.95. The summed E-state index contributed by atoms with van der Waals surface area (Å²) in [5.41, 5.74) is 0.355. The highest BCUT2D eigenvalue weighted by atomic mass is 15.3. The Morgan fingerprint density at radius 3 is 2.69 bits per heavy atom. The smallest absolute Gasteiger partial charge is 0.0281 e. The largest absolute Gasteiger partial charge is 0.314 e. The van der Waals surface area contributed by atoms with E-state index in [0.29, 0.717) is 5.54 Å². The summed E-state index contributed by atoms with van der Waals surface area (Å²) in [5.74, 6) is 0.950. The zero-order valence-electron chi connectivity index (χ0n) is 11.3. The van der Waals surface area contributed by atoms with E-state index in [9.17, 15) is 0 Å². The average Bonchev–Trinajstić information content (AvgIpc) is 2.28. The molecule has 2 heteroatoms. The molecule has 1 saturated carbocycles. The second-order valence-corrected chi connectivity index (χ2v) is 6.20. The van der Waals surface area contributed by atoms with E-state index in [4.69, 9.17) is 0 Å². The van der Waals surface area contributed by atoms with E-state index >= 15 is 0 Å². The van der Waals surface area contributed by atoms with Gasteiger partial charge in [0.2, 0.25) is 0 Å². The molecule has 2 fully saturated rings. The number of rotatable bonds is 2. The van der Waals surface area contributed by atoms with Gasteiger partial charge in [-0.3, -0.25) is 4.90 Å². The van der Waals surface area contributed by atoms with Crippen molar-refractivity contribution < 1.29 is 0 Å². The molecule has 0 aromatic rings. The fourth-order valence-corrected chi connectivity index (χ4v) is 3.69. The second-order valence-electron chi connectivity index (χ2n) is 6.20. The molecule has 2 unspecified atom stereocenters. The Morgan fingerprint density at radius 2 is 2.00 bits per heavy atom. The zero-order chi connectivity index (χ0) is 11.6. The maximum atomic E-state index is 3.54. The van der Waals surface area contributed by atoms with Crippen molar-refractivity contribution in [3.8, 4) is 0 Å². The van der Waals surface area contributed by atoms with Crippen molar-refractivity contribution in [3.05, 3.63) is 0 Å². The molecular weight excluding hydrogens is 196 g/mol. The van der Waals surface area contributed by atoms with Gasteiger partial charge in [-0.1, -0.05) is 26.2 Å². The van der Waals surface area contributed by atoms with Crippen LogP contribution < -0.4 is 5.32 Å². The van der Waals surface area contributed by atoms with E-state index in [1.807, 2.05) is 0 Å². The van der Waals surface area contributed by atoms with Crippen LogP contribution in [0.15, 0.2) is 0 Å². The van der Waals surface area contributed by atoms with Crippen molar-refractivity contribution in [3.63, 3.8) is 0 Å². The predicted octanol–water partition coefficient (Wildman–Crippen LogP) is 2.64. The van der Waals surface area contributed by atoms with Crippen LogP contribution in [-0.4, -0.2) is 36.1 Å². The number of nitrogens with zero attached hydrogens (tertiary/aromatic N) is 1. The molecule has 0 amide bonds. The number of hydrogen-bond acceptors (Lipinski definition) is 2. The molecule has 1 heterocycles. The molecule has 1 aliphatic carbocycles. The SMILES string of the molecule is CCC1CCCCC1N1CCNCC1(C)C. The first-order valence-corrected chi connectivity index (χ1v) is 7.12. The predicted molar refractivity (Wildman–Crippen MR) is 69.7 cm³/mol. The number of nitrogens with one attached hydrogen (secondary N) is 1. The molecule has 1 N–H and O–H groups in total. The molecule has 0 radical (unpaired) electrons. The third-order valence-electron chi connectivity index (χ3n) is 4.66. The fraction of sp³-hybridized carbons (Fsp3) is 1.00. The molecule has 2 aliphatic rings. The molecule has 1 aliphatic heterocycles. The van der Waals surface area contributed by atoms with Gasteiger partial charge < -0.3 is 5.32 Å². The molecule has 2 nitrogen and oxygen atoms in total. The Labute approximate surface area is 101 Å². The zero-order valence-corrected chi connectivity index (χ0v) is 11.3. The summed E-state index contributed by atoms with van der Waals surface area (Å²) < 4.78 is 0. The van der Waals surface area contributed by atoms with E-state index in [2.05, 4.69) is 31.0 Å². The van der Waals surface area contributed by atoms with Gasteiger partial charge >= 0.3 is 0 Å². The van der Waals surface area contributed by atoms with Gasteiger partial charge in [0.25, 0.3) is 0 Å². The molecule has 0 bridgehead atoms. The van der Waals surface area contributed by atoms with Crippen molar-refractivity contribution >= 4 is 0 Å². The number of hydrogen-bond donors (Lipinski definition) is 1. The van der Waals surface area contributed by atoms with Crippen LogP contribution in [0.25, 0.3) is 0 Å². The van der Waals surface area contributed by atoms with Gasteiger partial charge in [0.15, 0.2) is 0 Å². The first-order chi connectivity index (χ1) is 7.65. The van der Waals surface area contributed by atoms with Crippen LogP contribution in [0.1, 0.15) is 52.9 Å². The lowest BCUT2D eigenvalue weighted by molar-refractivity contribution is 0.000303. The Kier molecular flexibility index (Phi) is 3.91. The molecular formula is C14H28N2. The summed E-state index contributed by atoms with van der Waals surface area (Å²) in [5, 5.41) is 3.54. The third kappa shape index (κ3) is 2.43. The van der Waals surface area contributed by atoms with Gasteiger partial charge in [-0.05, 0) is 32.6 Å². The van der Waals surface area contributed by atoms with Crippen LogP contribution in [0.2, 0.25) is 0 Å². The van der Waals surface area contributed by atoms with Crippen molar-refractivity contribution in [2.75, 3.05) is 19.6 Å². The molecule has 1 saturated heterocycles. The second kappa shape index (κ2) is 5.05. The highest BCUT2D eigenvalue weighted by Gasteiger charge is 2.38. The molecule has 2 rings (SSSR count). The van der Waals surface area contributed by atoms with Crippen LogP contribution in [0.4, 0.5) is 0 Å². The van der Waals surface area contributed by atoms with E-state index in [0.717, 1.165) is 18.5 Å². The Hall–Kier alpha value is -0.0800. The van der Waals surface area contributed by atoms with Crippen molar-refractivity contribution in [2.24, 2.45) is 5.92 Å². The minimum Gasteiger partial charge on any atom is -0.314 e. The van der Waals surface area contributed by atoms with E-state index in [1.54, 1.807) is 0 Å². The van der Waals surface area contributed by atoms with Crippen LogP contribution in [-0.2, 0) is 0 Å². The molecule has 0 aromatic carbocycles. The summed E-state index contributed by atoms with van der Waals surface area (Å²) >= 11 is 0. The minimum atomic E-state index is 0.355. The maximum Gasteiger partial charge on any atom is 0.0281 e. The fourth-order valence-electron chi connectivity index (χ4n) is 3.69. The Balaban J connectivity index is 2.08. The van der Waals surface area contributed by atoms with Crippen molar-refractivity contribution in [2.45, 2.75) is 64.5 Å².